The van der Waals surface area contributed by atoms with Crippen molar-refractivity contribution < 1.29 is 23.8 Å². The molecule has 3 rings (SSSR count). The molecular formula is C18H17NO5. The van der Waals surface area contributed by atoms with Gasteiger partial charge in [0.2, 0.25) is 6.79 Å². The summed E-state index contributed by atoms with van der Waals surface area (Å²) in [7, 11) is 1.35. The van der Waals surface area contributed by atoms with Crippen LogP contribution in [0.1, 0.15) is 26.3 Å². The fourth-order valence-electron chi connectivity index (χ4n) is 2.39. The van der Waals surface area contributed by atoms with Crippen molar-refractivity contribution in [2.45, 2.75) is 6.42 Å². The summed E-state index contributed by atoms with van der Waals surface area (Å²) < 4.78 is 15.1. The molecule has 6 nitrogen and oxygen atoms in total. The van der Waals surface area contributed by atoms with Crippen LogP contribution in [0.15, 0.2) is 42.5 Å². The van der Waals surface area contributed by atoms with Gasteiger partial charge in [-0.2, -0.15) is 0 Å². The molecule has 0 saturated carbocycles. The van der Waals surface area contributed by atoms with Gasteiger partial charge in [0.25, 0.3) is 5.91 Å². The lowest BCUT2D eigenvalue weighted by atomic mass is 10.1. The van der Waals surface area contributed by atoms with E-state index in [-0.39, 0.29) is 18.7 Å². The van der Waals surface area contributed by atoms with Crippen LogP contribution in [0.3, 0.4) is 0 Å². The maximum Gasteiger partial charge on any atom is 0.337 e. The molecule has 24 heavy (non-hydrogen) atoms. The fraction of sp³-hybridized carbons (Fsp3) is 0.222. The van der Waals surface area contributed by atoms with Crippen LogP contribution in [0.5, 0.6) is 11.5 Å². The molecule has 0 fully saturated rings. The predicted octanol–water partition coefficient (Wildman–Crippen LogP) is 2.17. The minimum absolute atomic E-state index is 0.167. The van der Waals surface area contributed by atoms with Crippen molar-refractivity contribution in [1.29, 1.82) is 0 Å². The third kappa shape index (κ3) is 3.48. The van der Waals surface area contributed by atoms with E-state index in [1.807, 2.05) is 12.1 Å². The van der Waals surface area contributed by atoms with Gasteiger partial charge in [-0.05, 0) is 42.3 Å². The van der Waals surface area contributed by atoms with Crippen LogP contribution in [0.4, 0.5) is 0 Å². The number of hydrogen-bond donors (Lipinski definition) is 1. The lowest BCUT2D eigenvalue weighted by Crippen LogP contribution is -2.25. The van der Waals surface area contributed by atoms with E-state index in [0.717, 1.165) is 5.56 Å². The quantitative estimate of drug-likeness (QED) is 0.852. The molecule has 6 heteroatoms. The zero-order valence-electron chi connectivity index (χ0n) is 13.2. The second-order valence-corrected chi connectivity index (χ2v) is 5.26. The number of esters is 1. The van der Waals surface area contributed by atoms with E-state index in [2.05, 4.69) is 10.1 Å². The smallest absolute Gasteiger partial charge is 0.337 e. The lowest BCUT2D eigenvalue weighted by Gasteiger charge is -2.07. The molecular weight excluding hydrogens is 310 g/mol. The fourth-order valence-corrected chi connectivity index (χ4v) is 2.39. The van der Waals surface area contributed by atoms with Crippen LogP contribution in [0.2, 0.25) is 0 Å². The number of hydrogen-bond acceptors (Lipinski definition) is 5. The summed E-state index contributed by atoms with van der Waals surface area (Å²) in [4.78, 5) is 23.5. The van der Waals surface area contributed by atoms with Crippen LogP contribution in [0, 0.1) is 0 Å². The molecule has 0 aromatic heterocycles. The summed E-state index contributed by atoms with van der Waals surface area (Å²) in [6, 6.07) is 12.2. The molecule has 124 valence electrons. The average molecular weight is 327 g/mol. The number of ether oxygens (including phenoxy) is 3. The zero-order valence-corrected chi connectivity index (χ0v) is 13.2. The van der Waals surface area contributed by atoms with E-state index in [9.17, 15) is 9.59 Å². The van der Waals surface area contributed by atoms with Crippen molar-refractivity contribution in [3.8, 4) is 11.5 Å². The van der Waals surface area contributed by atoms with E-state index < -0.39 is 0 Å². The van der Waals surface area contributed by atoms with E-state index in [0.29, 0.717) is 35.6 Å². The standard InChI is InChI=1S/C18H17NO5/c1-22-18(21)13-4-2-12(3-5-13)8-9-19-17(20)14-6-7-15-16(10-14)24-11-23-15/h2-7,10H,8-9,11H2,1H3,(H,19,20). The highest BCUT2D eigenvalue weighted by molar-refractivity contribution is 5.95. The molecule has 1 N–H and O–H groups in total. The molecule has 0 atom stereocenters. The summed E-state index contributed by atoms with van der Waals surface area (Å²) >= 11 is 0. The molecule has 0 bridgehead atoms. The Hall–Kier alpha value is -3.02. The van der Waals surface area contributed by atoms with Crippen LogP contribution in [0.25, 0.3) is 0 Å². The van der Waals surface area contributed by atoms with Crippen molar-refractivity contribution in [1.82, 2.24) is 5.32 Å². The van der Waals surface area contributed by atoms with Crippen molar-refractivity contribution in [3.63, 3.8) is 0 Å². The van der Waals surface area contributed by atoms with Gasteiger partial charge >= 0.3 is 5.97 Å². The minimum Gasteiger partial charge on any atom is -0.465 e. The minimum atomic E-state index is -0.363. The molecule has 1 aliphatic heterocycles. The number of carbonyl (C=O) groups is 2. The van der Waals surface area contributed by atoms with Gasteiger partial charge in [0.05, 0.1) is 12.7 Å². The summed E-state index contributed by atoms with van der Waals surface area (Å²) in [5.41, 5.74) is 2.06. The largest absolute Gasteiger partial charge is 0.465 e. The molecule has 2 aromatic rings. The van der Waals surface area contributed by atoms with Crippen LogP contribution >= 0.6 is 0 Å². The van der Waals surface area contributed by atoms with E-state index in [1.165, 1.54) is 7.11 Å². The summed E-state index contributed by atoms with van der Waals surface area (Å²) in [5, 5.41) is 2.86. The average Bonchev–Trinajstić information content (AvgIpc) is 3.09. The molecule has 2 aromatic carbocycles. The molecule has 0 aliphatic carbocycles. The molecule has 0 saturated heterocycles. The summed E-state index contributed by atoms with van der Waals surface area (Å²) in [6.45, 7) is 0.673. The second kappa shape index (κ2) is 7.04. The highest BCUT2D eigenvalue weighted by Crippen LogP contribution is 2.32. The van der Waals surface area contributed by atoms with Gasteiger partial charge in [0.1, 0.15) is 0 Å². The van der Waals surface area contributed by atoms with Gasteiger partial charge in [-0.25, -0.2) is 4.79 Å². The number of rotatable bonds is 5. The maximum absolute atomic E-state index is 12.1. The third-order valence-electron chi connectivity index (χ3n) is 3.71. The predicted molar refractivity (Wildman–Crippen MR) is 86.4 cm³/mol. The van der Waals surface area contributed by atoms with Crippen LogP contribution in [-0.4, -0.2) is 32.3 Å². The first-order valence-electron chi connectivity index (χ1n) is 7.52. The monoisotopic (exact) mass is 327 g/mol. The topological polar surface area (TPSA) is 73.9 Å². The number of carbonyl (C=O) groups excluding carboxylic acids is 2. The van der Waals surface area contributed by atoms with E-state index in [1.54, 1.807) is 30.3 Å². The normalized spacial score (nSPS) is 11.9. The van der Waals surface area contributed by atoms with Crippen LogP contribution in [-0.2, 0) is 11.2 Å². The number of fused-ring (bicyclic) bond motifs is 1. The van der Waals surface area contributed by atoms with Crippen molar-refractivity contribution in [2.75, 3.05) is 20.4 Å². The Morgan fingerprint density at radius 3 is 2.50 bits per heavy atom. The molecule has 0 radical (unpaired) electrons. The number of nitrogens with one attached hydrogen (secondary N) is 1. The van der Waals surface area contributed by atoms with Crippen molar-refractivity contribution in [2.24, 2.45) is 0 Å². The maximum atomic E-state index is 12.1. The Labute approximate surface area is 139 Å². The van der Waals surface area contributed by atoms with E-state index >= 15 is 0 Å². The summed E-state index contributed by atoms with van der Waals surface area (Å²) in [5.74, 6) is 0.704. The van der Waals surface area contributed by atoms with Gasteiger partial charge in [0.15, 0.2) is 11.5 Å². The van der Waals surface area contributed by atoms with Crippen LogP contribution < -0.4 is 14.8 Å². The Morgan fingerprint density at radius 1 is 1.04 bits per heavy atom. The van der Waals surface area contributed by atoms with Gasteiger partial charge in [-0.1, -0.05) is 12.1 Å². The Bertz CT molecular complexity index is 755. The zero-order chi connectivity index (χ0) is 16.9. The first-order chi connectivity index (χ1) is 11.7. The Kier molecular flexibility index (Phi) is 4.65. The van der Waals surface area contributed by atoms with Gasteiger partial charge in [-0.3, -0.25) is 4.79 Å². The summed E-state index contributed by atoms with van der Waals surface area (Å²) in [6.07, 6.45) is 0.664. The van der Waals surface area contributed by atoms with E-state index in [4.69, 9.17) is 9.47 Å². The lowest BCUT2D eigenvalue weighted by molar-refractivity contribution is 0.0600. The Balaban J connectivity index is 1.52. The molecule has 0 unspecified atom stereocenters. The van der Waals surface area contributed by atoms with Gasteiger partial charge in [0, 0.05) is 12.1 Å². The van der Waals surface area contributed by atoms with Gasteiger partial charge < -0.3 is 19.5 Å². The first-order valence-corrected chi connectivity index (χ1v) is 7.52. The third-order valence-corrected chi connectivity index (χ3v) is 3.71. The van der Waals surface area contributed by atoms with Crippen molar-refractivity contribution in [3.05, 3.63) is 59.2 Å². The Morgan fingerprint density at radius 2 is 1.75 bits per heavy atom. The van der Waals surface area contributed by atoms with Crippen molar-refractivity contribution >= 4 is 11.9 Å². The highest BCUT2D eigenvalue weighted by Gasteiger charge is 2.15. The molecule has 1 aliphatic rings. The van der Waals surface area contributed by atoms with Gasteiger partial charge in [-0.15, -0.1) is 0 Å². The molecule has 1 heterocycles. The molecule has 1 amide bonds. The first kappa shape index (κ1) is 15.9. The second-order valence-electron chi connectivity index (χ2n) is 5.26. The highest BCUT2D eigenvalue weighted by atomic mass is 16.7. The number of benzene rings is 2. The number of methoxy groups -OCH3 is 1. The molecule has 0 spiro atoms. The SMILES string of the molecule is COC(=O)c1ccc(CCNC(=O)c2ccc3c(c2)OCO3)cc1. The number of amides is 1.